The van der Waals surface area contributed by atoms with Crippen molar-refractivity contribution in [3.05, 3.63) is 51.5 Å². The van der Waals surface area contributed by atoms with Crippen LogP contribution < -0.4 is 5.32 Å². The molecule has 0 unspecified atom stereocenters. The summed E-state index contributed by atoms with van der Waals surface area (Å²) >= 11 is 1.62. The molecule has 2 aromatic rings. The van der Waals surface area contributed by atoms with E-state index < -0.39 is 11.8 Å². The second-order valence-electron chi connectivity index (χ2n) is 3.93. The van der Waals surface area contributed by atoms with Gasteiger partial charge in [-0.3, -0.25) is 0 Å². The molecule has 0 spiro atoms. The number of carboxylic acids is 1. The van der Waals surface area contributed by atoms with Crippen molar-refractivity contribution in [3.8, 4) is 0 Å². The Morgan fingerprint density at radius 3 is 2.78 bits per heavy atom. The van der Waals surface area contributed by atoms with E-state index in [2.05, 4.69) is 5.32 Å². The summed E-state index contributed by atoms with van der Waals surface area (Å²) < 4.78 is 13.4. The number of benzene rings is 1. The van der Waals surface area contributed by atoms with Gasteiger partial charge in [0.2, 0.25) is 0 Å². The van der Waals surface area contributed by atoms with Gasteiger partial charge in [-0.25, -0.2) is 9.18 Å². The molecule has 1 heterocycles. The zero-order chi connectivity index (χ0) is 13.1. The minimum absolute atomic E-state index is 0.313. The third-order valence-electron chi connectivity index (χ3n) is 2.64. The zero-order valence-electron chi connectivity index (χ0n) is 9.74. The highest BCUT2D eigenvalue weighted by atomic mass is 32.1. The van der Waals surface area contributed by atoms with Crippen LogP contribution in [0.3, 0.4) is 0 Å². The van der Waals surface area contributed by atoms with Gasteiger partial charge in [0.25, 0.3) is 0 Å². The summed E-state index contributed by atoms with van der Waals surface area (Å²) in [5, 5.41) is 15.9. The third-order valence-corrected chi connectivity index (χ3v) is 3.55. The van der Waals surface area contributed by atoms with Gasteiger partial charge in [0.1, 0.15) is 5.82 Å². The zero-order valence-corrected chi connectivity index (χ0v) is 10.6. The van der Waals surface area contributed by atoms with Gasteiger partial charge in [0, 0.05) is 12.2 Å². The number of nitrogens with one attached hydrogen (secondary N) is 1. The number of carbonyl (C=O) groups is 1. The average molecular weight is 265 g/mol. The van der Waals surface area contributed by atoms with Crippen molar-refractivity contribution in [2.45, 2.75) is 13.5 Å². The predicted molar refractivity (Wildman–Crippen MR) is 69.7 cm³/mol. The second kappa shape index (κ2) is 5.18. The van der Waals surface area contributed by atoms with Gasteiger partial charge in [0.15, 0.2) is 0 Å². The Morgan fingerprint density at radius 1 is 1.44 bits per heavy atom. The number of aryl methyl sites for hydroxylation is 1. The molecular weight excluding hydrogens is 253 g/mol. The number of thiophene rings is 1. The van der Waals surface area contributed by atoms with Gasteiger partial charge in [0.05, 0.1) is 5.56 Å². The molecule has 94 valence electrons. The number of rotatable bonds is 4. The van der Waals surface area contributed by atoms with E-state index >= 15 is 0 Å². The summed E-state index contributed by atoms with van der Waals surface area (Å²) in [4.78, 5) is 10.7. The smallest absolute Gasteiger partial charge is 0.338 e. The van der Waals surface area contributed by atoms with Crippen molar-refractivity contribution in [2.24, 2.45) is 0 Å². The molecule has 0 saturated carbocycles. The highest BCUT2D eigenvalue weighted by molar-refractivity contribution is 7.08. The highest BCUT2D eigenvalue weighted by Gasteiger charge is 2.10. The summed E-state index contributed by atoms with van der Waals surface area (Å²) in [6, 6.07) is 4.03. The second-order valence-corrected chi connectivity index (χ2v) is 4.68. The van der Waals surface area contributed by atoms with Crippen LogP contribution in [0.15, 0.2) is 29.0 Å². The topological polar surface area (TPSA) is 49.3 Å². The Kier molecular flexibility index (Phi) is 3.62. The van der Waals surface area contributed by atoms with Crippen LogP contribution in [0, 0.1) is 12.7 Å². The number of hydrogen-bond donors (Lipinski definition) is 2. The number of halogens is 1. The fourth-order valence-electron chi connectivity index (χ4n) is 1.56. The lowest BCUT2D eigenvalue weighted by atomic mass is 10.2. The molecule has 0 radical (unpaired) electrons. The lowest BCUT2D eigenvalue weighted by Gasteiger charge is -2.07. The molecule has 2 rings (SSSR count). The van der Waals surface area contributed by atoms with E-state index in [-0.39, 0.29) is 5.56 Å². The minimum atomic E-state index is -1.26. The minimum Gasteiger partial charge on any atom is -0.478 e. The van der Waals surface area contributed by atoms with Crippen molar-refractivity contribution in [1.29, 1.82) is 0 Å². The Labute approximate surface area is 108 Å². The molecule has 2 N–H and O–H groups in total. The van der Waals surface area contributed by atoms with Crippen molar-refractivity contribution in [2.75, 3.05) is 5.32 Å². The highest BCUT2D eigenvalue weighted by Crippen LogP contribution is 2.18. The third kappa shape index (κ3) is 2.68. The fourth-order valence-corrected chi connectivity index (χ4v) is 2.42. The van der Waals surface area contributed by atoms with Gasteiger partial charge in [-0.1, -0.05) is 0 Å². The summed E-state index contributed by atoms with van der Waals surface area (Å²) in [6.45, 7) is 2.61. The normalized spacial score (nSPS) is 10.3. The van der Waals surface area contributed by atoms with E-state index in [1.54, 1.807) is 17.4 Å². The number of carboxylic acid groups (broad SMARTS) is 1. The molecule has 0 saturated heterocycles. The molecule has 0 fully saturated rings. The Balaban J connectivity index is 2.09. The van der Waals surface area contributed by atoms with Crippen LogP contribution in [0.4, 0.5) is 10.1 Å². The molecule has 0 bridgehead atoms. The Bertz CT molecular complexity index is 580. The lowest BCUT2D eigenvalue weighted by molar-refractivity contribution is 0.0692. The van der Waals surface area contributed by atoms with E-state index in [0.29, 0.717) is 12.2 Å². The maximum Gasteiger partial charge on any atom is 0.338 e. The number of aromatic carboxylic acids is 1. The molecule has 18 heavy (non-hydrogen) atoms. The molecule has 3 nitrogen and oxygen atoms in total. The molecule has 0 aliphatic heterocycles. The first-order valence-corrected chi connectivity index (χ1v) is 6.30. The van der Waals surface area contributed by atoms with Crippen LogP contribution in [0.1, 0.15) is 21.5 Å². The predicted octanol–water partition coefficient (Wildman–Crippen LogP) is 3.51. The van der Waals surface area contributed by atoms with Crippen molar-refractivity contribution < 1.29 is 14.3 Å². The summed E-state index contributed by atoms with van der Waals surface area (Å²) in [7, 11) is 0. The monoisotopic (exact) mass is 265 g/mol. The van der Waals surface area contributed by atoms with E-state index in [9.17, 15) is 9.18 Å². The van der Waals surface area contributed by atoms with Gasteiger partial charge in [-0.05, 0) is 47.0 Å². The first kappa shape index (κ1) is 12.6. The first-order valence-electron chi connectivity index (χ1n) is 5.36. The number of hydrogen-bond acceptors (Lipinski definition) is 3. The van der Waals surface area contributed by atoms with Gasteiger partial charge in [-0.15, -0.1) is 0 Å². The van der Waals surface area contributed by atoms with Crippen molar-refractivity contribution in [3.63, 3.8) is 0 Å². The van der Waals surface area contributed by atoms with Crippen LogP contribution in [-0.4, -0.2) is 11.1 Å². The molecule has 1 aromatic carbocycles. The fraction of sp³-hybridized carbons (Fsp3) is 0.154. The summed E-state index contributed by atoms with van der Waals surface area (Å²) in [6.07, 6.45) is 0. The van der Waals surface area contributed by atoms with Crippen LogP contribution in [0.5, 0.6) is 0 Å². The van der Waals surface area contributed by atoms with E-state index in [1.807, 2.05) is 17.7 Å². The standard InChI is InChI=1S/C13H12FNO2S/c1-8-6-18-7-9(8)5-15-10-2-3-11(13(16)17)12(14)4-10/h2-4,6-7,15H,5H2,1H3,(H,16,17). The quantitative estimate of drug-likeness (QED) is 0.889. The average Bonchev–Trinajstić information content (AvgIpc) is 2.72. The molecule has 0 amide bonds. The molecule has 5 heteroatoms. The summed E-state index contributed by atoms with van der Waals surface area (Å²) in [5.41, 5.74) is 2.60. The van der Waals surface area contributed by atoms with Crippen molar-refractivity contribution >= 4 is 23.0 Å². The SMILES string of the molecule is Cc1cscc1CNc1ccc(C(=O)O)c(F)c1. The molecule has 0 atom stereocenters. The van der Waals surface area contributed by atoms with E-state index in [1.165, 1.54) is 17.7 Å². The van der Waals surface area contributed by atoms with Crippen LogP contribution in [0.25, 0.3) is 0 Å². The van der Waals surface area contributed by atoms with Gasteiger partial charge < -0.3 is 10.4 Å². The first-order chi connectivity index (χ1) is 8.58. The van der Waals surface area contributed by atoms with Crippen LogP contribution in [-0.2, 0) is 6.54 Å². The van der Waals surface area contributed by atoms with Crippen LogP contribution in [0.2, 0.25) is 0 Å². The Morgan fingerprint density at radius 2 is 2.22 bits per heavy atom. The van der Waals surface area contributed by atoms with Gasteiger partial charge >= 0.3 is 5.97 Å². The maximum atomic E-state index is 13.4. The summed E-state index contributed by atoms with van der Waals surface area (Å²) in [5.74, 6) is -1.98. The van der Waals surface area contributed by atoms with Gasteiger partial charge in [-0.2, -0.15) is 11.3 Å². The molecule has 0 aliphatic rings. The maximum absolute atomic E-state index is 13.4. The molecule has 0 aliphatic carbocycles. The van der Waals surface area contributed by atoms with Crippen molar-refractivity contribution in [1.82, 2.24) is 0 Å². The molecule has 1 aromatic heterocycles. The largest absolute Gasteiger partial charge is 0.478 e. The van der Waals surface area contributed by atoms with E-state index in [4.69, 9.17) is 5.11 Å². The molecular formula is C13H12FNO2S. The Hall–Kier alpha value is -1.88. The number of anilines is 1. The lowest BCUT2D eigenvalue weighted by Crippen LogP contribution is -2.03. The van der Waals surface area contributed by atoms with Crippen LogP contribution >= 0.6 is 11.3 Å². The van der Waals surface area contributed by atoms with E-state index in [0.717, 1.165) is 5.56 Å².